The minimum absolute atomic E-state index is 0.00453. The second-order valence-electron chi connectivity index (χ2n) is 4.08. The van der Waals surface area contributed by atoms with Crippen molar-refractivity contribution >= 4 is 22.4 Å². The van der Waals surface area contributed by atoms with Gasteiger partial charge in [-0.1, -0.05) is 0 Å². The summed E-state index contributed by atoms with van der Waals surface area (Å²) in [7, 11) is -0.345. The number of nitrogens with two attached hydrogens (primary N) is 1. The van der Waals surface area contributed by atoms with Gasteiger partial charge < -0.3 is 15.8 Å². The lowest BCUT2D eigenvalue weighted by atomic mass is 10.2. The van der Waals surface area contributed by atoms with Crippen LogP contribution in [-0.4, -0.2) is 36.1 Å². The zero-order valence-corrected chi connectivity index (χ0v) is 12.0. The molecular formula is C12H15F3N2O3S. The Kier molecular flexibility index (Phi) is 6.16. The Hall–Kier alpha value is -1.61. The quantitative estimate of drug-likeness (QED) is 0.608. The van der Waals surface area contributed by atoms with Crippen molar-refractivity contribution in [3.05, 3.63) is 23.8 Å². The topological polar surface area (TPSA) is 81.4 Å². The number of amides is 1. The molecule has 0 aliphatic heterocycles. The monoisotopic (exact) mass is 324 g/mol. The van der Waals surface area contributed by atoms with Gasteiger partial charge >= 0.3 is 6.18 Å². The number of benzene rings is 1. The maximum Gasteiger partial charge on any atom is 0.416 e. The summed E-state index contributed by atoms with van der Waals surface area (Å²) in [6, 6.07) is 2.51. The highest BCUT2D eigenvalue weighted by molar-refractivity contribution is 7.86. The summed E-state index contributed by atoms with van der Waals surface area (Å²) in [4.78, 5) is 11.5. The van der Waals surface area contributed by atoms with E-state index in [0.717, 1.165) is 12.1 Å². The molecule has 0 radical (unpaired) electrons. The molecule has 0 fully saturated rings. The molecule has 1 atom stereocenters. The number of nitrogens with one attached hydrogen (secondary N) is 1. The molecule has 1 aromatic carbocycles. The van der Waals surface area contributed by atoms with E-state index in [2.05, 4.69) is 5.32 Å². The number of methoxy groups -OCH3 is 1. The van der Waals surface area contributed by atoms with Crippen LogP contribution < -0.4 is 11.1 Å². The average Bonchev–Trinajstić information content (AvgIpc) is 2.37. The first-order valence-electron chi connectivity index (χ1n) is 5.86. The van der Waals surface area contributed by atoms with Gasteiger partial charge in [0, 0.05) is 19.3 Å². The Bertz CT molecular complexity index is 535. The molecule has 118 valence electrons. The zero-order valence-electron chi connectivity index (χ0n) is 11.2. The standard InChI is InChI=1S/C12H15F3N2O3S/c1-20-5-4-17-11(18)7-21(19)10-3-2-8(6-9(10)16)12(13,14)15/h2-3,6H,4-5,7,16H2,1H3,(H,17,18). The molecule has 0 aromatic heterocycles. The van der Waals surface area contributed by atoms with Gasteiger partial charge in [-0.15, -0.1) is 0 Å². The van der Waals surface area contributed by atoms with E-state index in [4.69, 9.17) is 10.5 Å². The fourth-order valence-electron chi connectivity index (χ4n) is 1.47. The van der Waals surface area contributed by atoms with Crippen LogP contribution in [0.15, 0.2) is 23.1 Å². The number of carbonyl (C=O) groups is 1. The molecule has 0 spiro atoms. The Morgan fingerprint density at radius 1 is 1.43 bits per heavy atom. The second-order valence-corrected chi connectivity index (χ2v) is 5.50. The molecule has 0 bridgehead atoms. The summed E-state index contributed by atoms with van der Waals surface area (Å²) in [5.74, 6) is -0.871. The molecule has 1 aromatic rings. The van der Waals surface area contributed by atoms with Gasteiger partial charge in [0.05, 0.1) is 27.9 Å². The first-order chi connectivity index (χ1) is 9.75. The first-order valence-corrected chi connectivity index (χ1v) is 7.18. The highest BCUT2D eigenvalue weighted by atomic mass is 32.2. The number of hydrogen-bond acceptors (Lipinski definition) is 4. The summed E-state index contributed by atoms with van der Waals surface area (Å²) in [6.07, 6.45) is -4.52. The summed E-state index contributed by atoms with van der Waals surface area (Å²) < 4.78 is 54.1. The molecular weight excluding hydrogens is 309 g/mol. The zero-order chi connectivity index (χ0) is 16.0. The van der Waals surface area contributed by atoms with Crippen molar-refractivity contribution in [2.24, 2.45) is 0 Å². The number of hydrogen-bond donors (Lipinski definition) is 2. The van der Waals surface area contributed by atoms with Crippen molar-refractivity contribution in [3.8, 4) is 0 Å². The largest absolute Gasteiger partial charge is 0.416 e. The first kappa shape index (κ1) is 17.4. The van der Waals surface area contributed by atoms with E-state index >= 15 is 0 Å². The molecule has 0 saturated carbocycles. The molecule has 9 heteroatoms. The van der Waals surface area contributed by atoms with Crippen LogP contribution in [-0.2, 0) is 26.5 Å². The molecule has 5 nitrogen and oxygen atoms in total. The molecule has 0 saturated heterocycles. The minimum atomic E-state index is -4.52. The van der Waals surface area contributed by atoms with Gasteiger partial charge in [0.15, 0.2) is 0 Å². The van der Waals surface area contributed by atoms with Crippen LogP contribution >= 0.6 is 0 Å². The lowest BCUT2D eigenvalue weighted by molar-refractivity contribution is -0.137. The van der Waals surface area contributed by atoms with E-state index < -0.39 is 28.4 Å². The number of ether oxygens (including phenoxy) is 1. The Labute approximate surface area is 122 Å². The molecule has 1 amide bonds. The third-order valence-electron chi connectivity index (χ3n) is 2.47. The van der Waals surface area contributed by atoms with Gasteiger partial charge in [-0.3, -0.25) is 9.00 Å². The molecule has 0 heterocycles. The van der Waals surface area contributed by atoms with E-state index in [1.807, 2.05) is 0 Å². The van der Waals surface area contributed by atoms with Crippen LogP contribution in [0.2, 0.25) is 0 Å². The van der Waals surface area contributed by atoms with Gasteiger partial charge in [0.2, 0.25) is 5.91 Å². The van der Waals surface area contributed by atoms with Gasteiger partial charge in [0.25, 0.3) is 0 Å². The Morgan fingerprint density at radius 2 is 2.10 bits per heavy atom. The maximum atomic E-state index is 12.5. The van der Waals surface area contributed by atoms with Gasteiger partial charge in [-0.2, -0.15) is 13.2 Å². The normalized spacial score (nSPS) is 13.0. The molecule has 1 rings (SSSR count). The fraction of sp³-hybridized carbons (Fsp3) is 0.417. The Morgan fingerprint density at radius 3 is 2.62 bits per heavy atom. The molecule has 0 aliphatic rings. The number of nitrogen functional groups attached to an aromatic ring is 1. The molecule has 21 heavy (non-hydrogen) atoms. The smallest absolute Gasteiger partial charge is 0.398 e. The van der Waals surface area contributed by atoms with Gasteiger partial charge in [0.1, 0.15) is 5.75 Å². The Balaban J connectivity index is 2.73. The average molecular weight is 324 g/mol. The van der Waals surface area contributed by atoms with Crippen molar-refractivity contribution in [3.63, 3.8) is 0 Å². The maximum absolute atomic E-state index is 12.5. The van der Waals surface area contributed by atoms with Crippen LogP contribution in [0.25, 0.3) is 0 Å². The van der Waals surface area contributed by atoms with Crippen molar-refractivity contribution in [1.29, 1.82) is 0 Å². The number of carbonyl (C=O) groups excluding carboxylic acids is 1. The molecule has 0 aliphatic carbocycles. The second kappa shape index (κ2) is 7.41. The highest BCUT2D eigenvalue weighted by Crippen LogP contribution is 2.32. The summed E-state index contributed by atoms with van der Waals surface area (Å²) in [6.45, 7) is 0.565. The van der Waals surface area contributed by atoms with E-state index in [-0.39, 0.29) is 22.9 Å². The third-order valence-corrected chi connectivity index (χ3v) is 3.86. The van der Waals surface area contributed by atoms with Crippen LogP contribution in [0.3, 0.4) is 0 Å². The lowest BCUT2D eigenvalue weighted by Crippen LogP contribution is -2.31. The van der Waals surface area contributed by atoms with Crippen LogP contribution in [0.5, 0.6) is 0 Å². The van der Waals surface area contributed by atoms with Crippen LogP contribution in [0.1, 0.15) is 5.56 Å². The highest BCUT2D eigenvalue weighted by Gasteiger charge is 2.31. The van der Waals surface area contributed by atoms with E-state index in [0.29, 0.717) is 12.7 Å². The van der Waals surface area contributed by atoms with Crippen molar-refractivity contribution in [1.82, 2.24) is 5.32 Å². The minimum Gasteiger partial charge on any atom is -0.398 e. The molecule has 3 N–H and O–H groups in total. The molecule has 1 unspecified atom stereocenters. The van der Waals surface area contributed by atoms with Crippen molar-refractivity contribution in [2.45, 2.75) is 11.1 Å². The van der Waals surface area contributed by atoms with Crippen LogP contribution in [0, 0.1) is 0 Å². The number of halogens is 3. The number of alkyl halides is 3. The summed E-state index contributed by atoms with van der Waals surface area (Å²) in [5.41, 5.74) is 4.29. The number of rotatable bonds is 6. The summed E-state index contributed by atoms with van der Waals surface area (Å²) in [5, 5.41) is 2.46. The third kappa shape index (κ3) is 5.35. The fourth-order valence-corrected chi connectivity index (χ4v) is 2.51. The van der Waals surface area contributed by atoms with Crippen molar-refractivity contribution < 1.29 is 26.9 Å². The van der Waals surface area contributed by atoms with E-state index in [1.54, 1.807) is 0 Å². The predicted octanol–water partition coefficient (Wildman–Crippen LogP) is 1.16. The van der Waals surface area contributed by atoms with Gasteiger partial charge in [-0.25, -0.2) is 0 Å². The van der Waals surface area contributed by atoms with E-state index in [9.17, 15) is 22.2 Å². The van der Waals surface area contributed by atoms with Crippen LogP contribution in [0.4, 0.5) is 18.9 Å². The summed E-state index contributed by atoms with van der Waals surface area (Å²) >= 11 is 0. The van der Waals surface area contributed by atoms with Gasteiger partial charge in [-0.05, 0) is 18.2 Å². The van der Waals surface area contributed by atoms with E-state index in [1.165, 1.54) is 7.11 Å². The predicted molar refractivity (Wildman–Crippen MR) is 72.0 cm³/mol. The SMILES string of the molecule is COCCNC(=O)CS(=O)c1ccc(C(F)(F)F)cc1N. The lowest BCUT2D eigenvalue weighted by Gasteiger charge is -2.10. The van der Waals surface area contributed by atoms with Crippen molar-refractivity contribution in [2.75, 3.05) is 31.7 Å². The number of anilines is 1.